The van der Waals surface area contributed by atoms with E-state index >= 15 is 0 Å². The van der Waals surface area contributed by atoms with Gasteiger partial charge in [0.25, 0.3) is 0 Å². The highest BCUT2D eigenvalue weighted by Gasteiger charge is 2.20. The van der Waals surface area contributed by atoms with Crippen molar-refractivity contribution in [2.75, 3.05) is 0 Å². The maximum atomic E-state index is 6.69. The molecule has 0 atom stereocenters. The standard InChI is InChI=1S/2C15H13ClN2S/c2*1-8-17-12-7-6-11-13(15(12)19-8)14(16)9-4-2-3-5-10(9)18-11/h2*6-7H,2-5H2,1H3. The summed E-state index contributed by atoms with van der Waals surface area (Å²) in [5.41, 5.74) is 9.03. The Hall–Kier alpha value is -2.38. The van der Waals surface area contributed by atoms with Crippen LogP contribution in [0.1, 0.15) is 58.2 Å². The number of aromatic nitrogens is 4. The van der Waals surface area contributed by atoms with Crippen LogP contribution in [-0.2, 0) is 25.7 Å². The minimum Gasteiger partial charge on any atom is -0.252 e. The number of pyridine rings is 2. The molecule has 2 aliphatic carbocycles. The van der Waals surface area contributed by atoms with Crippen molar-refractivity contribution in [1.82, 2.24) is 19.9 Å². The van der Waals surface area contributed by atoms with E-state index in [1.54, 1.807) is 22.7 Å². The summed E-state index contributed by atoms with van der Waals surface area (Å²) in [6.07, 6.45) is 9.13. The third-order valence-corrected chi connectivity index (χ3v) is 10.5. The average molecular weight is 578 g/mol. The van der Waals surface area contributed by atoms with E-state index in [9.17, 15) is 0 Å². The van der Waals surface area contributed by atoms with Crippen molar-refractivity contribution in [1.29, 1.82) is 0 Å². The maximum Gasteiger partial charge on any atom is 0.0908 e. The van der Waals surface area contributed by atoms with Crippen molar-refractivity contribution in [2.24, 2.45) is 0 Å². The van der Waals surface area contributed by atoms with Crippen LogP contribution in [0, 0.1) is 13.8 Å². The zero-order valence-electron chi connectivity index (χ0n) is 21.3. The SMILES string of the molecule is Cc1nc2ccc3nc4c(c(Cl)c3c2s1)CCCC4.Cc1nc2ccc3nc4c(c(Cl)c3c2s1)CCCC4. The number of thiazole rings is 2. The zero-order chi connectivity index (χ0) is 26.0. The molecular weight excluding hydrogens is 551 g/mol. The number of hydrogen-bond donors (Lipinski definition) is 0. The van der Waals surface area contributed by atoms with Gasteiger partial charge in [-0.25, -0.2) is 9.97 Å². The quantitative estimate of drug-likeness (QED) is 0.181. The molecule has 8 heteroatoms. The van der Waals surface area contributed by atoms with Crippen LogP contribution in [0.25, 0.3) is 42.2 Å². The molecule has 6 aromatic rings. The van der Waals surface area contributed by atoms with Gasteiger partial charge in [-0.3, -0.25) is 9.97 Å². The van der Waals surface area contributed by atoms with Crippen molar-refractivity contribution >= 4 is 88.1 Å². The maximum absolute atomic E-state index is 6.69. The predicted octanol–water partition coefficient (Wildman–Crippen LogP) is 9.37. The van der Waals surface area contributed by atoms with Gasteiger partial charge in [0, 0.05) is 22.2 Å². The van der Waals surface area contributed by atoms with E-state index in [1.165, 1.54) is 57.6 Å². The van der Waals surface area contributed by atoms with Gasteiger partial charge in [0.15, 0.2) is 0 Å². The first-order chi connectivity index (χ1) is 18.5. The van der Waals surface area contributed by atoms with Crippen LogP contribution in [0.3, 0.4) is 0 Å². The Balaban J connectivity index is 0.000000127. The molecule has 0 saturated heterocycles. The minimum absolute atomic E-state index is 0.911. The molecule has 4 aromatic heterocycles. The monoisotopic (exact) mass is 576 g/mol. The van der Waals surface area contributed by atoms with Gasteiger partial charge < -0.3 is 0 Å². The topological polar surface area (TPSA) is 51.6 Å². The normalized spacial score (nSPS) is 15.1. The first-order valence-corrected chi connectivity index (χ1v) is 15.6. The second-order valence-electron chi connectivity index (χ2n) is 10.2. The van der Waals surface area contributed by atoms with E-state index in [0.717, 1.165) is 78.6 Å². The second kappa shape index (κ2) is 9.67. The van der Waals surface area contributed by atoms with Gasteiger partial charge in [0.2, 0.25) is 0 Å². The fraction of sp³-hybridized carbons (Fsp3) is 0.333. The summed E-state index contributed by atoms with van der Waals surface area (Å²) in [6, 6.07) is 8.22. The lowest BCUT2D eigenvalue weighted by Gasteiger charge is -2.17. The molecule has 0 unspecified atom stereocenters. The van der Waals surface area contributed by atoms with Gasteiger partial charge in [-0.2, -0.15) is 0 Å². The third-order valence-electron chi connectivity index (χ3n) is 7.64. The van der Waals surface area contributed by atoms with Crippen LogP contribution in [0.2, 0.25) is 10.0 Å². The number of hydrogen-bond acceptors (Lipinski definition) is 6. The van der Waals surface area contributed by atoms with E-state index in [0.29, 0.717) is 0 Å². The average Bonchev–Trinajstić information content (AvgIpc) is 3.50. The predicted molar refractivity (Wildman–Crippen MR) is 163 cm³/mol. The van der Waals surface area contributed by atoms with Gasteiger partial charge in [-0.15, -0.1) is 22.7 Å². The molecule has 0 fully saturated rings. The van der Waals surface area contributed by atoms with Crippen LogP contribution >= 0.6 is 45.9 Å². The molecule has 8 rings (SSSR count). The molecular formula is C30H26Cl2N4S2. The van der Waals surface area contributed by atoms with Gasteiger partial charge >= 0.3 is 0 Å². The molecule has 0 radical (unpaired) electrons. The Morgan fingerprint density at radius 3 is 1.39 bits per heavy atom. The molecule has 2 aromatic carbocycles. The molecule has 4 heterocycles. The molecule has 0 N–H and O–H groups in total. The fourth-order valence-corrected chi connectivity index (χ4v) is 8.72. The Labute approximate surface area is 239 Å². The summed E-state index contributed by atoms with van der Waals surface area (Å²) >= 11 is 16.8. The zero-order valence-corrected chi connectivity index (χ0v) is 24.5. The van der Waals surface area contributed by atoms with Gasteiger partial charge in [-0.05, 0) is 101 Å². The lowest BCUT2D eigenvalue weighted by molar-refractivity contribution is 0.671. The molecule has 0 bridgehead atoms. The van der Waals surface area contributed by atoms with E-state index in [1.807, 2.05) is 13.8 Å². The number of nitrogens with zero attached hydrogens (tertiary/aromatic N) is 4. The lowest BCUT2D eigenvalue weighted by atomic mass is 9.94. The highest BCUT2D eigenvalue weighted by Crippen LogP contribution is 2.40. The number of aryl methyl sites for hydroxylation is 4. The van der Waals surface area contributed by atoms with Crippen molar-refractivity contribution in [3.05, 3.63) is 66.8 Å². The Kier molecular flexibility index (Phi) is 6.27. The van der Waals surface area contributed by atoms with Crippen LogP contribution in [0.15, 0.2) is 24.3 Å². The van der Waals surface area contributed by atoms with E-state index < -0.39 is 0 Å². The summed E-state index contributed by atoms with van der Waals surface area (Å²) in [4.78, 5) is 18.8. The van der Waals surface area contributed by atoms with Crippen molar-refractivity contribution in [3.63, 3.8) is 0 Å². The molecule has 38 heavy (non-hydrogen) atoms. The first kappa shape index (κ1) is 24.6. The second-order valence-corrected chi connectivity index (χ2v) is 13.4. The largest absolute Gasteiger partial charge is 0.252 e. The van der Waals surface area contributed by atoms with E-state index in [-0.39, 0.29) is 0 Å². The van der Waals surface area contributed by atoms with Crippen LogP contribution in [0.5, 0.6) is 0 Å². The highest BCUT2D eigenvalue weighted by molar-refractivity contribution is 7.20. The highest BCUT2D eigenvalue weighted by atomic mass is 35.5. The summed E-state index contributed by atoms with van der Waals surface area (Å²) in [6.45, 7) is 4.08. The molecule has 192 valence electrons. The Morgan fingerprint density at radius 1 is 0.553 bits per heavy atom. The van der Waals surface area contributed by atoms with Crippen molar-refractivity contribution < 1.29 is 0 Å². The lowest BCUT2D eigenvalue weighted by Crippen LogP contribution is -2.06. The smallest absolute Gasteiger partial charge is 0.0908 e. The molecule has 0 spiro atoms. The third kappa shape index (κ3) is 4.08. The number of benzene rings is 2. The van der Waals surface area contributed by atoms with Crippen LogP contribution in [0.4, 0.5) is 0 Å². The number of fused-ring (bicyclic) bond motifs is 8. The van der Waals surface area contributed by atoms with E-state index in [2.05, 4.69) is 34.2 Å². The summed E-state index contributed by atoms with van der Waals surface area (Å²) < 4.78 is 2.36. The summed E-state index contributed by atoms with van der Waals surface area (Å²) in [5, 5.41) is 6.19. The molecule has 0 amide bonds. The molecule has 2 aliphatic rings. The van der Waals surface area contributed by atoms with Crippen LogP contribution < -0.4 is 0 Å². The summed E-state index contributed by atoms with van der Waals surface area (Å²) in [7, 11) is 0. The van der Waals surface area contributed by atoms with Crippen molar-refractivity contribution in [3.8, 4) is 0 Å². The van der Waals surface area contributed by atoms with Gasteiger partial charge in [0.1, 0.15) is 0 Å². The molecule has 4 nitrogen and oxygen atoms in total. The van der Waals surface area contributed by atoms with Crippen molar-refractivity contribution in [2.45, 2.75) is 65.2 Å². The van der Waals surface area contributed by atoms with Crippen LogP contribution in [-0.4, -0.2) is 19.9 Å². The summed E-state index contributed by atoms with van der Waals surface area (Å²) in [5.74, 6) is 0. The minimum atomic E-state index is 0.911. The Morgan fingerprint density at radius 2 is 0.947 bits per heavy atom. The van der Waals surface area contributed by atoms with Gasteiger partial charge in [0.05, 0.1) is 51.5 Å². The molecule has 0 saturated carbocycles. The van der Waals surface area contributed by atoms with E-state index in [4.69, 9.17) is 33.2 Å². The first-order valence-electron chi connectivity index (χ1n) is 13.2. The Bertz CT molecular complexity index is 1750. The fourth-order valence-electron chi connectivity index (χ4n) is 5.89. The number of halogens is 2. The molecule has 0 aliphatic heterocycles. The van der Waals surface area contributed by atoms with Gasteiger partial charge in [-0.1, -0.05) is 23.2 Å². The number of rotatable bonds is 0.